The van der Waals surface area contributed by atoms with E-state index < -0.39 is 0 Å². The summed E-state index contributed by atoms with van der Waals surface area (Å²) in [5.74, 6) is 0.168. The molecule has 0 atom stereocenters. The minimum Gasteiger partial charge on any atom is -0.303 e. The number of unbranched alkanes of at least 4 members (excludes halogenated alkanes) is 2. The first kappa shape index (κ1) is 14.6. The third-order valence-electron chi connectivity index (χ3n) is 3.05. The summed E-state index contributed by atoms with van der Waals surface area (Å²) < 4.78 is 0. The van der Waals surface area contributed by atoms with Gasteiger partial charge in [-0.3, -0.25) is 4.79 Å². The minimum atomic E-state index is 0.117. The van der Waals surface area contributed by atoms with Gasteiger partial charge in [0.2, 0.25) is 0 Å². The molecule has 1 aromatic rings. The van der Waals surface area contributed by atoms with Crippen LogP contribution in [-0.4, -0.2) is 12.1 Å². The number of Topliss-reactive ketones (excluding diaryl/α,β-unsaturated/α-hetero) is 1. The van der Waals surface area contributed by atoms with E-state index in [-0.39, 0.29) is 11.2 Å². The van der Waals surface area contributed by atoms with Crippen molar-refractivity contribution in [2.45, 2.75) is 51.9 Å². The summed E-state index contributed by atoms with van der Waals surface area (Å²) >= 11 is 0. The Morgan fingerprint density at radius 2 is 1.72 bits per heavy atom. The maximum atomic E-state index is 11.9. The Balaban J connectivity index is 2.57. The number of carbonyl (C=O) groups excluding carboxylic acids is 2. The first-order valence-electron chi connectivity index (χ1n) is 6.52. The predicted molar refractivity (Wildman–Crippen MR) is 74.0 cm³/mol. The first-order chi connectivity index (χ1) is 8.45. The molecule has 0 unspecified atom stereocenters. The summed E-state index contributed by atoms with van der Waals surface area (Å²) in [4.78, 5) is 22.0. The van der Waals surface area contributed by atoms with Gasteiger partial charge in [-0.2, -0.15) is 0 Å². The summed E-state index contributed by atoms with van der Waals surface area (Å²) in [7, 11) is 0. The molecule has 0 aliphatic carbocycles. The zero-order chi connectivity index (χ0) is 13.6. The Morgan fingerprint density at radius 3 is 2.22 bits per heavy atom. The summed E-state index contributed by atoms with van der Waals surface area (Å²) in [6.07, 6.45) is 3.58. The monoisotopic (exact) mass is 246 g/mol. The molecule has 0 fully saturated rings. The predicted octanol–water partition coefficient (Wildman–Crippen LogP) is 3.93. The van der Waals surface area contributed by atoms with Crippen molar-refractivity contribution < 1.29 is 9.59 Å². The van der Waals surface area contributed by atoms with E-state index in [1.807, 2.05) is 24.3 Å². The molecule has 0 spiro atoms. The van der Waals surface area contributed by atoms with Gasteiger partial charge in [0, 0.05) is 18.4 Å². The number of hydrogen-bond donors (Lipinski definition) is 0. The van der Waals surface area contributed by atoms with Crippen LogP contribution in [0.25, 0.3) is 0 Å². The highest BCUT2D eigenvalue weighted by Crippen LogP contribution is 2.22. The topological polar surface area (TPSA) is 34.1 Å². The largest absolute Gasteiger partial charge is 0.303 e. The lowest BCUT2D eigenvalue weighted by Gasteiger charge is -2.18. The second kappa shape index (κ2) is 6.48. The van der Waals surface area contributed by atoms with Gasteiger partial charge in [0.15, 0.2) is 5.78 Å². The Bertz CT molecular complexity index is 396. The molecule has 18 heavy (non-hydrogen) atoms. The van der Waals surface area contributed by atoms with Crippen LogP contribution in [0.15, 0.2) is 24.3 Å². The van der Waals surface area contributed by atoms with Crippen molar-refractivity contribution in [1.29, 1.82) is 0 Å². The minimum absolute atomic E-state index is 0.117. The molecule has 2 nitrogen and oxygen atoms in total. The van der Waals surface area contributed by atoms with Crippen molar-refractivity contribution >= 4 is 12.1 Å². The lowest BCUT2D eigenvalue weighted by Crippen LogP contribution is -2.11. The highest BCUT2D eigenvalue weighted by molar-refractivity contribution is 5.96. The van der Waals surface area contributed by atoms with E-state index in [9.17, 15) is 9.59 Å². The zero-order valence-electron chi connectivity index (χ0n) is 11.5. The van der Waals surface area contributed by atoms with Gasteiger partial charge < -0.3 is 4.79 Å². The van der Waals surface area contributed by atoms with Gasteiger partial charge >= 0.3 is 0 Å². The molecule has 0 radical (unpaired) electrons. The van der Waals surface area contributed by atoms with Crippen LogP contribution in [0, 0.1) is 0 Å². The van der Waals surface area contributed by atoms with Gasteiger partial charge in [0.05, 0.1) is 0 Å². The number of ketones is 1. The lowest BCUT2D eigenvalue weighted by molar-refractivity contribution is -0.107. The quantitative estimate of drug-likeness (QED) is 0.433. The van der Waals surface area contributed by atoms with Crippen molar-refractivity contribution in [1.82, 2.24) is 0 Å². The van der Waals surface area contributed by atoms with Crippen LogP contribution in [0.5, 0.6) is 0 Å². The molecule has 0 amide bonds. The molecule has 0 aliphatic rings. The van der Waals surface area contributed by atoms with Crippen LogP contribution in [0.4, 0.5) is 0 Å². The Morgan fingerprint density at radius 1 is 1.11 bits per heavy atom. The fraction of sp³-hybridized carbons (Fsp3) is 0.500. The molecular weight excluding hydrogens is 224 g/mol. The van der Waals surface area contributed by atoms with Gasteiger partial charge in [-0.15, -0.1) is 0 Å². The highest BCUT2D eigenvalue weighted by Gasteiger charge is 2.14. The molecule has 0 aliphatic heterocycles. The third kappa shape index (κ3) is 4.44. The SMILES string of the molecule is CC(C)(C)c1ccc(C(=O)CCCCC=O)cc1. The molecule has 0 saturated heterocycles. The van der Waals surface area contributed by atoms with E-state index in [0.717, 1.165) is 24.7 Å². The van der Waals surface area contributed by atoms with Crippen molar-refractivity contribution in [2.24, 2.45) is 0 Å². The summed E-state index contributed by atoms with van der Waals surface area (Å²) in [6, 6.07) is 7.86. The second-order valence-corrected chi connectivity index (χ2v) is 5.66. The third-order valence-corrected chi connectivity index (χ3v) is 3.05. The molecular formula is C16H22O2. The van der Waals surface area contributed by atoms with Gasteiger partial charge in [0.1, 0.15) is 6.29 Å². The van der Waals surface area contributed by atoms with Gasteiger partial charge in [0.25, 0.3) is 0 Å². The average molecular weight is 246 g/mol. The number of rotatable bonds is 6. The molecule has 0 saturated carbocycles. The lowest BCUT2D eigenvalue weighted by atomic mass is 9.86. The van der Waals surface area contributed by atoms with Crippen LogP contribution in [-0.2, 0) is 10.2 Å². The molecule has 0 heterocycles. The van der Waals surface area contributed by atoms with Crippen LogP contribution in [0.2, 0.25) is 0 Å². The van der Waals surface area contributed by atoms with E-state index in [4.69, 9.17) is 0 Å². The van der Waals surface area contributed by atoms with Crippen molar-refractivity contribution in [3.05, 3.63) is 35.4 Å². The smallest absolute Gasteiger partial charge is 0.162 e. The van der Waals surface area contributed by atoms with Crippen LogP contribution in [0.3, 0.4) is 0 Å². The summed E-state index contributed by atoms with van der Waals surface area (Å²) in [5.41, 5.74) is 2.13. The van der Waals surface area contributed by atoms with Crippen LogP contribution >= 0.6 is 0 Å². The van der Waals surface area contributed by atoms with Gasteiger partial charge in [-0.25, -0.2) is 0 Å². The molecule has 0 bridgehead atoms. The van der Waals surface area contributed by atoms with E-state index >= 15 is 0 Å². The zero-order valence-corrected chi connectivity index (χ0v) is 11.5. The van der Waals surface area contributed by atoms with E-state index in [0.29, 0.717) is 12.8 Å². The summed E-state index contributed by atoms with van der Waals surface area (Å²) in [6.45, 7) is 6.47. The van der Waals surface area contributed by atoms with E-state index in [1.54, 1.807) is 0 Å². The normalized spacial score (nSPS) is 11.3. The molecule has 0 aromatic heterocycles. The second-order valence-electron chi connectivity index (χ2n) is 5.66. The number of aldehydes is 1. The Hall–Kier alpha value is -1.44. The Labute approximate surface area is 109 Å². The Kier molecular flexibility index (Phi) is 5.26. The van der Waals surface area contributed by atoms with Crippen molar-refractivity contribution in [2.75, 3.05) is 0 Å². The average Bonchev–Trinajstić information content (AvgIpc) is 2.33. The molecule has 98 valence electrons. The van der Waals surface area contributed by atoms with Gasteiger partial charge in [-0.1, -0.05) is 45.0 Å². The molecule has 1 aromatic carbocycles. The maximum absolute atomic E-state index is 11.9. The van der Waals surface area contributed by atoms with Crippen molar-refractivity contribution in [3.8, 4) is 0 Å². The maximum Gasteiger partial charge on any atom is 0.162 e. The highest BCUT2D eigenvalue weighted by atomic mass is 16.1. The molecule has 1 rings (SSSR count). The van der Waals surface area contributed by atoms with E-state index in [1.165, 1.54) is 5.56 Å². The van der Waals surface area contributed by atoms with Crippen LogP contribution < -0.4 is 0 Å². The first-order valence-corrected chi connectivity index (χ1v) is 6.52. The van der Waals surface area contributed by atoms with Crippen LogP contribution in [0.1, 0.15) is 62.4 Å². The van der Waals surface area contributed by atoms with E-state index in [2.05, 4.69) is 20.8 Å². The van der Waals surface area contributed by atoms with Gasteiger partial charge in [-0.05, 0) is 23.8 Å². The standard InChI is InChI=1S/C16H22O2/c1-16(2,3)14-10-8-13(9-11-14)15(18)7-5-4-6-12-17/h8-12H,4-7H2,1-3H3. The fourth-order valence-electron chi connectivity index (χ4n) is 1.81. The molecule has 0 N–H and O–H groups in total. The number of benzene rings is 1. The summed E-state index contributed by atoms with van der Waals surface area (Å²) in [5, 5.41) is 0. The van der Waals surface area contributed by atoms with Crippen molar-refractivity contribution in [3.63, 3.8) is 0 Å². The molecule has 2 heteroatoms. The fourth-order valence-corrected chi connectivity index (χ4v) is 1.81. The number of carbonyl (C=O) groups is 2. The number of hydrogen-bond acceptors (Lipinski definition) is 2.